The maximum absolute atomic E-state index is 11.3. The number of hydrogen-bond donors (Lipinski definition) is 1. The molecule has 0 bridgehead atoms. The van der Waals surface area contributed by atoms with E-state index >= 15 is 0 Å². The minimum Gasteiger partial charge on any atom is -0.481 e. The number of esters is 1. The number of thioether (sulfide) groups is 1. The van der Waals surface area contributed by atoms with Gasteiger partial charge in [0, 0.05) is 11.3 Å². The third-order valence-corrected chi connectivity index (χ3v) is 4.04. The van der Waals surface area contributed by atoms with Gasteiger partial charge in [0.15, 0.2) is 0 Å². The predicted molar refractivity (Wildman–Crippen MR) is 79.6 cm³/mol. The zero-order valence-corrected chi connectivity index (χ0v) is 12.6. The Bertz CT molecular complexity index is 483. The molecule has 1 rings (SSSR count). The molecule has 1 aromatic rings. The molecule has 0 aliphatic rings. The van der Waals surface area contributed by atoms with Crippen molar-refractivity contribution in [3.8, 4) is 0 Å². The first-order valence-corrected chi connectivity index (χ1v) is 7.47. The van der Waals surface area contributed by atoms with Crippen LogP contribution in [-0.4, -0.2) is 35.7 Å². The molecule has 0 saturated carbocycles. The summed E-state index contributed by atoms with van der Waals surface area (Å²) >= 11 is 1.41. The maximum Gasteiger partial charge on any atom is 0.337 e. The van der Waals surface area contributed by atoms with Crippen molar-refractivity contribution in [3.05, 3.63) is 29.8 Å². The van der Waals surface area contributed by atoms with Crippen molar-refractivity contribution in [1.29, 1.82) is 0 Å². The summed E-state index contributed by atoms with van der Waals surface area (Å²) in [6.45, 7) is 0. The van der Waals surface area contributed by atoms with Gasteiger partial charge in [-0.05, 0) is 37.1 Å². The summed E-state index contributed by atoms with van der Waals surface area (Å²) in [7, 11) is 1.32. The Morgan fingerprint density at radius 1 is 1.29 bits per heavy atom. The highest BCUT2D eigenvalue weighted by Gasteiger charge is 2.11. The zero-order valence-electron chi connectivity index (χ0n) is 11.8. The van der Waals surface area contributed by atoms with E-state index in [2.05, 4.69) is 4.74 Å². The molecule has 0 radical (unpaired) electrons. The number of carboxylic acid groups (broad SMARTS) is 1. The number of aliphatic carboxylic acids is 1. The Morgan fingerprint density at radius 3 is 2.48 bits per heavy atom. The molecule has 0 aliphatic heterocycles. The quantitative estimate of drug-likeness (QED) is 0.327. The molecule has 0 amide bonds. The number of carbonyl (C=O) groups excluding carboxylic acids is 2. The van der Waals surface area contributed by atoms with Crippen LogP contribution < -0.4 is 0 Å². The molecule has 0 spiro atoms. The van der Waals surface area contributed by atoms with E-state index in [-0.39, 0.29) is 11.7 Å². The fourth-order valence-corrected chi connectivity index (χ4v) is 2.72. The average molecular weight is 310 g/mol. The number of ether oxygens (including phenoxy) is 1. The van der Waals surface area contributed by atoms with Crippen LogP contribution >= 0.6 is 11.8 Å². The van der Waals surface area contributed by atoms with Gasteiger partial charge in [-0.2, -0.15) is 0 Å². The summed E-state index contributed by atoms with van der Waals surface area (Å²) in [6, 6.07) is 6.84. The molecule has 6 heteroatoms. The van der Waals surface area contributed by atoms with Crippen LogP contribution in [0, 0.1) is 0 Å². The molecular formula is C15H18O5S. The summed E-state index contributed by atoms with van der Waals surface area (Å²) in [5.41, 5.74) is 0.464. The van der Waals surface area contributed by atoms with Gasteiger partial charge in [-0.3, -0.25) is 4.79 Å². The predicted octanol–water partition coefficient (Wildman–Crippen LogP) is 2.78. The van der Waals surface area contributed by atoms with Crippen LogP contribution in [0.3, 0.4) is 0 Å². The number of unbranched alkanes of at least 4 members (excludes halogenated alkanes) is 1. The lowest BCUT2D eigenvalue weighted by molar-refractivity contribution is -0.137. The molecule has 0 saturated heterocycles. The van der Waals surface area contributed by atoms with Gasteiger partial charge in [-0.25, -0.2) is 4.79 Å². The van der Waals surface area contributed by atoms with Crippen LogP contribution in [0.5, 0.6) is 0 Å². The minimum atomic E-state index is -0.816. The Balaban J connectivity index is 2.47. The minimum absolute atomic E-state index is 0.129. The van der Waals surface area contributed by atoms with Crippen LogP contribution in [0.2, 0.25) is 0 Å². The zero-order chi connectivity index (χ0) is 15.7. The van der Waals surface area contributed by atoms with E-state index in [4.69, 9.17) is 5.11 Å². The molecule has 114 valence electrons. The van der Waals surface area contributed by atoms with Crippen molar-refractivity contribution in [1.82, 2.24) is 0 Å². The average Bonchev–Trinajstić information content (AvgIpc) is 2.49. The van der Waals surface area contributed by atoms with Gasteiger partial charge >= 0.3 is 11.9 Å². The first-order chi connectivity index (χ1) is 10.1. The van der Waals surface area contributed by atoms with Gasteiger partial charge in [0.1, 0.15) is 6.29 Å². The van der Waals surface area contributed by atoms with Gasteiger partial charge < -0.3 is 14.6 Å². The summed E-state index contributed by atoms with van der Waals surface area (Å²) < 4.78 is 4.61. The van der Waals surface area contributed by atoms with Crippen molar-refractivity contribution in [2.45, 2.75) is 35.8 Å². The summed E-state index contributed by atoms with van der Waals surface area (Å²) in [5.74, 6) is -1.21. The van der Waals surface area contributed by atoms with E-state index in [1.165, 1.54) is 18.9 Å². The summed E-state index contributed by atoms with van der Waals surface area (Å²) in [6.07, 6.45) is 2.91. The van der Waals surface area contributed by atoms with Crippen molar-refractivity contribution in [2.75, 3.05) is 7.11 Å². The van der Waals surface area contributed by atoms with Crippen molar-refractivity contribution >= 4 is 30.0 Å². The Hall–Kier alpha value is -1.82. The van der Waals surface area contributed by atoms with Crippen molar-refractivity contribution < 1.29 is 24.2 Å². The number of benzene rings is 1. The van der Waals surface area contributed by atoms with Crippen LogP contribution in [0.15, 0.2) is 29.2 Å². The largest absolute Gasteiger partial charge is 0.481 e. The second-order valence-corrected chi connectivity index (χ2v) is 5.76. The number of carboxylic acids is 1. The Labute approximate surface area is 127 Å². The molecule has 1 atom stereocenters. The molecule has 5 nitrogen and oxygen atoms in total. The molecular weight excluding hydrogens is 292 g/mol. The van der Waals surface area contributed by atoms with Gasteiger partial charge in [0.05, 0.1) is 17.9 Å². The molecule has 0 aliphatic carbocycles. The maximum atomic E-state index is 11.3. The Morgan fingerprint density at radius 2 is 1.95 bits per heavy atom. The van der Waals surface area contributed by atoms with Gasteiger partial charge in [-0.15, -0.1) is 11.8 Å². The van der Waals surface area contributed by atoms with E-state index < -0.39 is 11.9 Å². The number of carbonyl (C=O) groups is 3. The lowest BCUT2D eigenvalue weighted by Crippen LogP contribution is -2.05. The topological polar surface area (TPSA) is 80.7 Å². The molecule has 1 unspecified atom stereocenters. The second kappa shape index (κ2) is 9.18. The lowest BCUT2D eigenvalue weighted by Gasteiger charge is -2.10. The molecule has 1 aromatic carbocycles. The monoisotopic (exact) mass is 310 g/mol. The lowest BCUT2D eigenvalue weighted by atomic mass is 10.1. The SMILES string of the molecule is COC(=O)c1ccc(SC(C=O)CCCCC(=O)O)cc1. The summed E-state index contributed by atoms with van der Waals surface area (Å²) in [4.78, 5) is 33.6. The van der Waals surface area contributed by atoms with E-state index in [0.717, 1.165) is 11.2 Å². The highest BCUT2D eigenvalue weighted by molar-refractivity contribution is 8.00. The fraction of sp³-hybridized carbons (Fsp3) is 0.400. The van der Waals surface area contributed by atoms with Crippen LogP contribution in [0.25, 0.3) is 0 Å². The number of hydrogen-bond acceptors (Lipinski definition) is 5. The molecule has 0 heterocycles. The van der Waals surface area contributed by atoms with Gasteiger partial charge in [0.25, 0.3) is 0 Å². The Kier molecular flexibility index (Phi) is 7.53. The fourth-order valence-electron chi connectivity index (χ4n) is 1.74. The van der Waals surface area contributed by atoms with E-state index in [0.29, 0.717) is 24.8 Å². The second-order valence-electron chi connectivity index (χ2n) is 4.45. The molecule has 21 heavy (non-hydrogen) atoms. The first kappa shape index (κ1) is 17.2. The van der Waals surface area contributed by atoms with Crippen LogP contribution in [-0.2, 0) is 14.3 Å². The third-order valence-electron chi connectivity index (χ3n) is 2.84. The van der Waals surface area contributed by atoms with Gasteiger partial charge in [0.2, 0.25) is 0 Å². The third kappa shape index (κ3) is 6.44. The normalized spacial score (nSPS) is 11.7. The van der Waals surface area contributed by atoms with E-state index in [1.54, 1.807) is 24.3 Å². The highest BCUT2D eigenvalue weighted by Crippen LogP contribution is 2.26. The molecule has 0 fully saturated rings. The highest BCUT2D eigenvalue weighted by atomic mass is 32.2. The number of aldehydes is 1. The smallest absolute Gasteiger partial charge is 0.337 e. The van der Waals surface area contributed by atoms with Crippen LogP contribution in [0.1, 0.15) is 36.0 Å². The van der Waals surface area contributed by atoms with E-state index in [9.17, 15) is 14.4 Å². The van der Waals surface area contributed by atoms with Crippen LogP contribution in [0.4, 0.5) is 0 Å². The molecule has 0 aromatic heterocycles. The number of methoxy groups -OCH3 is 1. The number of rotatable bonds is 9. The summed E-state index contributed by atoms with van der Waals surface area (Å²) in [5, 5.41) is 8.34. The van der Waals surface area contributed by atoms with Crippen molar-refractivity contribution in [2.24, 2.45) is 0 Å². The van der Waals surface area contributed by atoms with E-state index in [1.807, 2.05) is 0 Å². The standard InChI is InChI=1S/C15H18O5S/c1-20-15(19)11-6-8-12(9-7-11)21-13(10-16)4-2-3-5-14(17)18/h6-10,13H,2-5H2,1H3,(H,17,18). The first-order valence-electron chi connectivity index (χ1n) is 6.59. The van der Waals surface area contributed by atoms with Crippen molar-refractivity contribution in [3.63, 3.8) is 0 Å². The van der Waals surface area contributed by atoms with Gasteiger partial charge in [-0.1, -0.05) is 6.42 Å². The molecule has 1 N–H and O–H groups in total.